The Balaban J connectivity index is 1.76. The Morgan fingerprint density at radius 2 is 1.79 bits per heavy atom. The second kappa shape index (κ2) is 7.06. The van der Waals surface area contributed by atoms with Crippen LogP contribution in [0.5, 0.6) is 0 Å². The van der Waals surface area contributed by atoms with Gasteiger partial charge < -0.3 is 13.9 Å². The van der Waals surface area contributed by atoms with Crippen LogP contribution in [0.15, 0.2) is 68.7 Å². The van der Waals surface area contributed by atoms with Crippen LogP contribution in [0.1, 0.15) is 13.8 Å². The van der Waals surface area contributed by atoms with Crippen LogP contribution in [0.2, 0.25) is 0 Å². The number of aliphatic carboxylic acids is 1. The number of fused-ring (bicyclic) bond motifs is 3. The Kier molecular flexibility index (Phi) is 4.68. The largest absolute Gasteiger partial charge is 0.480 e. The molecule has 29 heavy (non-hydrogen) atoms. The fourth-order valence-corrected chi connectivity index (χ4v) is 4.59. The number of hydrogen-bond donors (Lipinski definition) is 2. The minimum absolute atomic E-state index is 0.0500. The highest BCUT2D eigenvalue weighted by Gasteiger charge is 2.28. The van der Waals surface area contributed by atoms with Crippen molar-refractivity contribution in [1.82, 2.24) is 4.72 Å². The van der Waals surface area contributed by atoms with Gasteiger partial charge in [-0.2, -0.15) is 4.72 Å². The van der Waals surface area contributed by atoms with E-state index in [0.29, 0.717) is 11.2 Å². The molecular formula is C21H19NO6S. The number of rotatable bonds is 6. The molecule has 0 fully saturated rings. The first kappa shape index (κ1) is 19.2. The van der Waals surface area contributed by atoms with Crippen molar-refractivity contribution >= 4 is 37.9 Å². The zero-order valence-corrected chi connectivity index (χ0v) is 16.6. The zero-order chi connectivity index (χ0) is 20.8. The Morgan fingerprint density at radius 3 is 2.45 bits per heavy atom. The summed E-state index contributed by atoms with van der Waals surface area (Å²) in [6.45, 7) is 3.28. The summed E-state index contributed by atoms with van der Waals surface area (Å²) >= 11 is 0. The van der Waals surface area contributed by atoms with Crippen LogP contribution in [-0.2, 0) is 14.8 Å². The molecule has 4 rings (SSSR count). The molecule has 0 saturated carbocycles. The van der Waals surface area contributed by atoms with Crippen molar-refractivity contribution in [3.05, 3.63) is 55.0 Å². The van der Waals surface area contributed by atoms with E-state index in [4.69, 9.17) is 8.83 Å². The van der Waals surface area contributed by atoms with Crippen molar-refractivity contribution in [2.24, 2.45) is 5.92 Å². The fraction of sp³-hybridized carbons (Fsp3) is 0.190. The van der Waals surface area contributed by atoms with Crippen molar-refractivity contribution in [3.8, 4) is 11.1 Å². The third-order valence-corrected chi connectivity index (χ3v) is 6.26. The summed E-state index contributed by atoms with van der Waals surface area (Å²) in [5.74, 6) is -1.63. The predicted octanol–water partition coefficient (Wildman–Crippen LogP) is 4.23. The Hall–Kier alpha value is -3.10. The fourth-order valence-electron chi connectivity index (χ4n) is 3.24. The summed E-state index contributed by atoms with van der Waals surface area (Å²) in [4.78, 5) is 11.3. The average Bonchev–Trinajstić information content (AvgIpc) is 3.32. The summed E-state index contributed by atoms with van der Waals surface area (Å²) in [5.41, 5.74) is 2.91. The van der Waals surface area contributed by atoms with Crippen LogP contribution < -0.4 is 4.72 Å². The van der Waals surface area contributed by atoms with Crippen molar-refractivity contribution in [2.45, 2.75) is 24.8 Å². The lowest BCUT2D eigenvalue weighted by molar-refractivity contribution is -0.140. The molecule has 2 aromatic carbocycles. The molecule has 0 amide bonds. The molecule has 0 spiro atoms. The van der Waals surface area contributed by atoms with Crippen molar-refractivity contribution < 1.29 is 27.2 Å². The highest BCUT2D eigenvalue weighted by Crippen LogP contribution is 2.33. The average molecular weight is 413 g/mol. The van der Waals surface area contributed by atoms with Crippen LogP contribution >= 0.6 is 0 Å². The molecule has 2 heterocycles. The monoisotopic (exact) mass is 413 g/mol. The Bertz CT molecular complexity index is 1300. The maximum Gasteiger partial charge on any atom is 0.322 e. The number of nitrogens with one attached hydrogen (secondary N) is 1. The van der Waals surface area contributed by atoms with E-state index in [0.717, 1.165) is 21.9 Å². The van der Waals surface area contributed by atoms with E-state index >= 15 is 0 Å². The van der Waals surface area contributed by atoms with E-state index in [1.807, 2.05) is 24.3 Å². The SMILES string of the molecule is CC(C)C(NS(=O)(=O)c1ccc2c(c1)oc1ccc(-c3ccoc3)cc12)C(=O)O. The van der Waals surface area contributed by atoms with E-state index < -0.39 is 28.0 Å². The molecule has 1 atom stereocenters. The zero-order valence-electron chi connectivity index (χ0n) is 15.7. The van der Waals surface area contributed by atoms with Gasteiger partial charge in [-0.25, -0.2) is 8.42 Å². The minimum Gasteiger partial charge on any atom is -0.480 e. The second-order valence-corrected chi connectivity index (χ2v) is 8.88. The number of carbonyl (C=O) groups is 1. The number of benzene rings is 2. The third-order valence-electron chi connectivity index (χ3n) is 4.82. The van der Waals surface area contributed by atoms with Crippen LogP contribution in [0.4, 0.5) is 0 Å². The first-order valence-electron chi connectivity index (χ1n) is 9.00. The Labute approximate surface area is 167 Å². The van der Waals surface area contributed by atoms with Gasteiger partial charge in [0.2, 0.25) is 10.0 Å². The summed E-state index contributed by atoms with van der Waals surface area (Å²) in [6, 6.07) is 10.8. The minimum atomic E-state index is -4.03. The Morgan fingerprint density at radius 1 is 1.00 bits per heavy atom. The molecule has 1 unspecified atom stereocenters. The van der Waals surface area contributed by atoms with Gasteiger partial charge in [0.15, 0.2) is 0 Å². The van der Waals surface area contributed by atoms with Gasteiger partial charge in [-0.3, -0.25) is 4.79 Å². The highest BCUT2D eigenvalue weighted by atomic mass is 32.2. The van der Waals surface area contributed by atoms with E-state index in [2.05, 4.69) is 4.72 Å². The molecule has 7 nitrogen and oxygen atoms in total. The van der Waals surface area contributed by atoms with Crippen molar-refractivity contribution in [1.29, 1.82) is 0 Å². The van der Waals surface area contributed by atoms with Crippen LogP contribution in [-0.4, -0.2) is 25.5 Å². The first-order chi connectivity index (χ1) is 13.8. The molecule has 4 aromatic rings. The van der Waals surface area contributed by atoms with Gasteiger partial charge in [-0.05, 0) is 41.8 Å². The summed E-state index contributed by atoms with van der Waals surface area (Å²) < 4.78 is 38.6. The summed E-state index contributed by atoms with van der Waals surface area (Å²) in [6.07, 6.45) is 3.24. The molecule has 2 aromatic heterocycles. The van der Waals surface area contributed by atoms with Gasteiger partial charge in [0.25, 0.3) is 0 Å². The van der Waals surface area contributed by atoms with Crippen LogP contribution in [0.3, 0.4) is 0 Å². The van der Waals surface area contributed by atoms with E-state index in [1.165, 1.54) is 12.1 Å². The topological polar surface area (TPSA) is 110 Å². The molecule has 8 heteroatoms. The van der Waals surface area contributed by atoms with Gasteiger partial charge in [0.1, 0.15) is 17.2 Å². The standard InChI is InChI=1S/C21H19NO6S/c1-12(2)20(21(23)24)22-29(25,26)15-4-5-16-17-9-13(14-7-8-27-11-14)3-6-18(17)28-19(16)10-15/h3-12,20,22H,1-2H3,(H,23,24). The van der Waals surface area contributed by atoms with Gasteiger partial charge in [-0.15, -0.1) is 0 Å². The molecule has 0 bridgehead atoms. The lowest BCUT2D eigenvalue weighted by Crippen LogP contribution is -2.44. The molecule has 0 aliphatic heterocycles. The second-order valence-electron chi connectivity index (χ2n) is 7.16. The molecule has 150 valence electrons. The van der Waals surface area contributed by atoms with Crippen LogP contribution in [0, 0.1) is 5.92 Å². The molecule has 0 aliphatic rings. The lowest BCUT2D eigenvalue weighted by atomic mass is 10.1. The van der Waals surface area contributed by atoms with Gasteiger partial charge >= 0.3 is 5.97 Å². The summed E-state index contributed by atoms with van der Waals surface area (Å²) in [5, 5.41) is 10.9. The van der Waals surface area contributed by atoms with Crippen molar-refractivity contribution in [3.63, 3.8) is 0 Å². The lowest BCUT2D eigenvalue weighted by Gasteiger charge is -2.17. The number of sulfonamides is 1. The maximum absolute atomic E-state index is 12.7. The third kappa shape index (κ3) is 3.52. The van der Waals surface area contributed by atoms with Gasteiger partial charge in [0, 0.05) is 22.4 Å². The molecular weight excluding hydrogens is 394 g/mol. The number of hydrogen-bond acceptors (Lipinski definition) is 5. The van der Waals surface area contributed by atoms with E-state index in [-0.39, 0.29) is 4.90 Å². The van der Waals surface area contributed by atoms with Gasteiger partial charge in [0.05, 0.1) is 17.4 Å². The number of carboxylic acids is 1. The maximum atomic E-state index is 12.7. The van der Waals surface area contributed by atoms with Gasteiger partial charge in [-0.1, -0.05) is 19.9 Å². The highest BCUT2D eigenvalue weighted by molar-refractivity contribution is 7.89. The normalized spacial score (nSPS) is 13.3. The van der Waals surface area contributed by atoms with E-state index in [1.54, 1.807) is 32.4 Å². The number of carboxylic acid groups (broad SMARTS) is 1. The summed E-state index contributed by atoms with van der Waals surface area (Å²) in [7, 11) is -4.03. The van der Waals surface area contributed by atoms with Crippen LogP contribution in [0.25, 0.3) is 33.1 Å². The molecule has 0 saturated heterocycles. The molecule has 0 radical (unpaired) electrons. The first-order valence-corrected chi connectivity index (χ1v) is 10.5. The van der Waals surface area contributed by atoms with Crippen molar-refractivity contribution in [2.75, 3.05) is 0 Å². The molecule has 2 N–H and O–H groups in total. The smallest absolute Gasteiger partial charge is 0.322 e. The molecule has 0 aliphatic carbocycles. The number of furan rings is 2. The van der Waals surface area contributed by atoms with E-state index in [9.17, 15) is 18.3 Å². The predicted molar refractivity (Wildman–Crippen MR) is 108 cm³/mol. The quantitative estimate of drug-likeness (QED) is 0.489.